The van der Waals surface area contributed by atoms with Crippen molar-refractivity contribution in [3.05, 3.63) is 74.9 Å². The molecule has 0 aliphatic rings. The molecule has 28 heavy (non-hydrogen) atoms. The molecule has 2 aromatic carbocycles. The first-order valence-corrected chi connectivity index (χ1v) is 9.17. The van der Waals surface area contributed by atoms with Gasteiger partial charge in [-0.3, -0.25) is 14.9 Å². The minimum absolute atomic E-state index is 0.0429. The number of nitro benzene ring substituents is 1. The summed E-state index contributed by atoms with van der Waals surface area (Å²) < 4.78 is 0. The number of aromatic amines is 1. The molecule has 0 spiro atoms. The molecule has 7 nitrogen and oxygen atoms in total. The highest BCUT2D eigenvalue weighted by Crippen LogP contribution is 2.25. The molecular weight excluding hydrogens is 380 g/mol. The number of nitrogens with one attached hydrogen (secondary N) is 1. The second-order valence-electron chi connectivity index (χ2n) is 6.85. The molecule has 1 aromatic heterocycles. The van der Waals surface area contributed by atoms with Gasteiger partial charge in [-0.1, -0.05) is 23.7 Å². The molecule has 0 fully saturated rings. The normalized spacial score (nSPS) is 11.1. The number of amides is 1. The first-order chi connectivity index (χ1) is 13.3. The third-order valence-corrected chi connectivity index (χ3v) is 4.75. The van der Waals surface area contributed by atoms with E-state index in [-0.39, 0.29) is 11.6 Å². The molecular formula is C20H21ClN4O3. The van der Waals surface area contributed by atoms with Gasteiger partial charge in [-0.25, -0.2) is 0 Å². The van der Waals surface area contributed by atoms with Crippen molar-refractivity contribution < 1.29 is 9.72 Å². The van der Waals surface area contributed by atoms with Crippen LogP contribution in [-0.2, 0) is 6.54 Å². The lowest BCUT2D eigenvalue weighted by molar-refractivity contribution is -0.384. The van der Waals surface area contributed by atoms with E-state index in [0.29, 0.717) is 41.1 Å². The fourth-order valence-electron chi connectivity index (χ4n) is 2.95. The van der Waals surface area contributed by atoms with Gasteiger partial charge < -0.3 is 14.8 Å². The van der Waals surface area contributed by atoms with E-state index in [2.05, 4.69) is 4.98 Å². The van der Waals surface area contributed by atoms with Crippen molar-refractivity contribution in [2.75, 3.05) is 27.2 Å². The Kier molecular flexibility index (Phi) is 5.96. The van der Waals surface area contributed by atoms with Crippen LogP contribution in [0.5, 0.6) is 0 Å². The highest BCUT2D eigenvalue weighted by molar-refractivity contribution is 6.30. The summed E-state index contributed by atoms with van der Waals surface area (Å²) in [7, 11) is 3.89. The molecule has 0 radical (unpaired) electrons. The molecule has 1 heterocycles. The molecule has 3 rings (SSSR count). The lowest BCUT2D eigenvalue weighted by Gasteiger charge is -2.24. The Morgan fingerprint density at radius 3 is 2.50 bits per heavy atom. The standard InChI is InChI=1S/C20H21ClN4O3/c1-23(2)9-10-24(13-14-3-5-15(21)6-4-14)20(26)18-12-22-19-8-7-16(25(27)28)11-17(18)19/h3-8,11-12,22H,9-10,13H2,1-2H3. The summed E-state index contributed by atoms with van der Waals surface area (Å²) in [5.74, 6) is -0.177. The first kappa shape index (κ1) is 19.9. The Labute approximate surface area is 167 Å². The highest BCUT2D eigenvalue weighted by Gasteiger charge is 2.21. The minimum Gasteiger partial charge on any atom is -0.360 e. The van der Waals surface area contributed by atoms with Crippen molar-refractivity contribution in [2.45, 2.75) is 6.54 Å². The van der Waals surface area contributed by atoms with Gasteiger partial charge in [0, 0.05) is 53.9 Å². The van der Waals surface area contributed by atoms with E-state index >= 15 is 0 Å². The fraction of sp³-hybridized carbons (Fsp3) is 0.250. The summed E-state index contributed by atoms with van der Waals surface area (Å²) in [6.45, 7) is 1.64. The second kappa shape index (κ2) is 8.41. The van der Waals surface area contributed by atoms with Crippen LogP contribution in [-0.4, -0.2) is 52.8 Å². The number of aromatic nitrogens is 1. The number of carbonyl (C=O) groups excluding carboxylic acids is 1. The van der Waals surface area contributed by atoms with Crippen molar-refractivity contribution in [3.8, 4) is 0 Å². The quantitative estimate of drug-likeness (QED) is 0.481. The van der Waals surface area contributed by atoms with E-state index in [1.807, 2.05) is 31.1 Å². The highest BCUT2D eigenvalue weighted by atomic mass is 35.5. The second-order valence-corrected chi connectivity index (χ2v) is 7.28. The number of carbonyl (C=O) groups is 1. The third-order valence-electron chi connectivity index (χ3n) is 4.50. The Morgan fingerprint density at radius 2 is 1.86 bits per heavy atom. The van der Waals surface area contributed by atoms with Crippen LogP contribution in [0, 0.1) is 10.1 Å². The van der Waals surface area contributed by atoms with Crippen LogP contribution >= 0.6 is 11.6 Å². The lowest BCUT2D eigenvalue weighted by atomic mass is 10.1. The van der Waals surface area contributed by atoms with Gasteiger partial charge in [-0.05, 0) is 37.9 Å². The average molecular weight is 401 g/mol. The van der Waals surface area contributed by atoms with E-state index in [9.17, 15) is 14.9 Å². The summed E-state index contributed by atoms with van der Waals surface area (Å²) in [5.41, 5.74) is 2.03. The van der Waals surface area contributed by atoms with E-state index < -0.39 is 4.92 Å². The Morgan fingerprint density at radius 1 is 1.14 bits per heavy atom. The van der Waals surface area contributed by atoms with Gasteiger partial charge in [0.2, 0.25) is 0 Å². The number of H-pyrrole nitrogens is 1. The average Bonchev–Trinajstić information content (AvgIpc) is 3.09. The molecule has 3 aromatic rings. The smallest absolute Gasteiger partial charge is 0.270 e. The number of fused-ring (bicyclic) bond motifs is 1. The van der Waals surface area contributed by atoms with Crippen LogP contribution in [0.15, 0.2) is 48.7 Å². The number of benzene rings is 2. The van der Waals surface area contributed by atoms with Gasteiger partial charge in [0.05, 0.1) is 10.5 Å². The molecule has 0 saturated carbocycles. The maximum atomic E-state index is 13.3. The van der Waals surface area contributed by atoms with Crippen LogP contribution in [0.4, 0.5) is 5.69 Å². The van der Waals surface area contributed by atoms with Gasteiger partial charge in [0.25, 0.3) is 11.6 Å². The van der Waals surface area contributed by atoms with Crippen molar-refractivity contribution in [2.24, 2.45) is 0 Å². The predicted octanol–water partition coefficient (Wildman–Crippen LogP) is 3.93. The zero-order chi connectivity index (χ0) is 20.3. The summed E-state index contributed by atoms with van der Waals surface area (Å²) in [4.78, 5) is 30.7. The molecule has 0 atom stereocenters. The topological polar surface area (TPSA) is 82.5 Å². The van der Waals surface area contributed by atoms with Crippen molar-refractivity contribution >= 4 is 34.1 Å². The van der Waals surface area contributed by atoms with Gasteiger partial charge in [-0.2, -0.15) is 0 Å². The molecule has 0 aliphatic heterocycles. The van der Waals surface area contributed by atoms with Crippen molar-refractivity contribution in [3.63, 3.8) is 0 Å². The third kappa shape index (κ3) is 4.49. The van der Waals surface area contributed by atoms with Crippen LogP contribution in [0.2, 0.25) is 5.02 Å². The predicted molar refractivity (Wildman–Crippen MR) is 110 cm³/mol. The fourth-order valence-corrected chi connectivity index (χ4v) is 3.08. The SMILES string of the molecule is CN(C)CCN(Cc1ccc(Cl)cc1)C(=O)c1c[nH]c2ccc([N+](=O)[O-])cc12. The zero-order valence-corrected chi connectivity index (χ0v) is 16.4. The molecule has 0 unspecified atom stereocenters. The first-order valence-electron chi connectivity index (χ1n) is 8.79. The van der Waals surface area contributed by atoms with Crippen LogP contribution in [0.25, 0.3) is 10.9 Å². The zero-order valence-electron chi connectivity index (χ0n) is 15.7. The van der Waals surface area contributed by atoms with Crippen molar-refractivity contribution in [1.29, 1.82) is 0 Å². The Bertz CT molecular complexity index is 998. The van der Waals surface area contributed by atoms with E-state index in [1.54, 1.807) is 29.3 Å². The number of nitro groups is 1. The summed E-state index contributed by atoms with van der Waals surface area (Å²) in [6.07, 6.45) is 1.61. The molecule has 0 aliphatic carbocycles. The maximum absolute atomic E-state index is 13.3. The van der Waals surface area contributed by atoms with Crippen LogP contribution < -0.4 is 0 Å². The number of likely N-dealkylation sites (N-methyl/N-ethyl adjacent to an activating group) is 1. The molecule has 1 N–H and O–H groups in total. The number of non-ortho nitro benzene ring substituents is 1. The summed E-state index contributed by atoms with van der Waals surface area (Å²) in [5, 5.41) is 12.3. The van der Waals surface area contributed by atoms with Gasteiger partial charge in [0.15, 0.2) is 0 Å². The lowest BCUT2D eigenvalue weighted by Crippen LogP contribution is -2.36. The maximum Gasteiger partial charge on any atom is 0.270 e. The number of halogens is 1. The summed E-state index contributed by atoms with van der Waals surface area (Å²) >= 11 is 5.95. The van der Waals surface area contributed by atoms with Gasteiger partial charge in [0.1, 0.15) is 0 Å². The van der Waals surface area contributed by atoms with Gasteiger partial charge in [-0.15, -0.1) is 0 Å². The monoisotopic (exact) mass is 400 g/mol. The number of hydrogen-bond acceptors (Lipinski definition) is 4. The van der Waals surface area contributed by atoms with Crippen LogP contribution in [0.1, 0.15) is 15.9 Å². The summed E-state index contributed by atoms with van der Waals surface area (Å²) in [6, 6.07) is 11.8. The van der Waals surface area contributed by atoms with Crippen LogP contribution in [0.3, 0.4) is 0 Å². The van der Waals surface area contributed by atoms with E-state index in [0.717, 1.165) is 5.56 Å². The number of nitrogens with zero attached hydrogens (tertiary/aromatic N) is 3. The molecule has 1 amide bonds. The number of hydrogen-bond donors (Lipinski definition) is 1. The van der Waals surface area contributed by atoms with Gasteiger partial charge >= 0.3 is 0 Å². The molecule has 0 bridgehead atoms. The van der Waals surface area contributed by atoms with Crippen molar-refractivity contribution in [1.82, 2.24) is 14.8 Å². The molecule has 8 heteroatoms. The largest absolute Gasteiger partial charge is 0.360 e. The van der Waals surface area contributed by atoms with E-state index in [4.69, 9.17) is 11.6 Å². The minimum atomic E-state index is -0.460. The number of rotatable bonds is 7. The van der Waals surface area contributed by atoms with E-state index in [1.165, 1.54) is 12.1 Å². The Balaban J connectivity index is 1.93. The Hall–Kier alpha value is -2.90. The molecule has 0 saturated heterocycles. The molecule has 146 valence electrons.